The van der Waals surface area contributed by atoms with Crippen molar-refractivity contribution in [3.05, 3.63) is 65.7 Å². The van der Waals surface area contributed by atoms with Gasteiger partial charge in [0, 0.05) is 6.42 Å². The molecular weight excluding hydrogens is 310 g/mol. The number of aliphatic hydroxyl groups excluding tert-OH is 1. The maximum atomic E-state index is 10.3. The maximum Gasteiger partial charge on any atom is 0.130 e. The number of methoxy groups -OCH3 is 1. The first-order valence-electron chi connectivity index (χ1n) is 7.90. The van der Waals surface area contributed by atoms with Crippen molar-refractivity contribution in [2.24, 2.45) is 0 Å². The van der Waals surface area contributed by atoms with Crippen molar-refractivity contribution in [1.29, 1.82) is 0 Å². The highest BCUT2D eigenvalue weighted by Crippen LogP contribution is 2.14. The van der Waals surface area contributed by atoms with Crippen molar-refractivity contribution < 1.29 is 27.6 Å². The van der Waals surface area contributed by atoms with Crippen LogP contribution in [0.3, 0.4) is 0 Å². The van der Waals surface area contributed by atoms with Gasteiger partial charge in [0.05, 0.1) is 13.7 Å². The highest BCUT2D eigenvalue weighted by Gasteiger charge is 2.18. The molecule has 2 unspecified atom stereocenters. The standard InChI is InChI=1S/C19H25NO2.ClH/c1-15(19(21)17-8-4-3-5-9-17)20-14-6-7-16-10-12-18(22-2)13-11-16;/h3-5,8-13,15,19-21H,6-7,14H2,1-2H3;1H. The summed E-state index contributed by atoms with van der Waals surface area (Å²) in [6.07, 6.45) is 1.73. The number of ether oxygens (including phenoxy) is 1. The van der Waals surface area contributed by atoms with Crippen LogP contribution < -0.4 is 22.5 Å². The zero-order valence-corrected chi connectivity index (χ0v) is 14.5. The summed E-state index contributed by atoms with van der Waals surface area (Å²) in [6, 6.07) is 18.3. The van der Waals surface area contributed by atoms with Crippen molar-refractivity contribution in [3.63, 3.8) is 0 Å². The van der Waals surface area contributed by atoms with Gasteiger partial charge in [0.25, 0.3) is 0 Å². The zero-order valence-electron chi connectivity index (χ0n) is 13.8. The summed E-state index contributed by atoms with van der Waals surface area (Å²) in [4.78, 5) is 0. The van der Waals surface area contributed by atoms with Crippen molar-refractivity contribution in [3.8, 4) is 5.75 Å². The van der Waals surface area contributed by atoms with Gasteiger partial charge in [0.1, 0.15) is 17.9 Å². The van der Waals surface area contributed by atoms with E-state index in [4.69, 9.17) is 4.74 Å². The Hall–Kier alpha value is -1.55. The quantitative estimate of drug-likeness (QED) is 0.628. The smallest absolute Gasteiger partial charge is 0.130 e. The lowest BCUT2D eigenvalue weighted by atomic mass is 10.0. The molecule has 0 aliphatic carbocycles. The molecule has 0 radical (unpaired) electrons. The van der Waals surface area contributed by atoms with E-state index in [1.807, 2.05) is 42.5 Å². The van der Waals surface area contributed by atoms with E-state index in [9.17, 15) is 5.11 Å². The third-order valence-electron chi connectivity index (χ3n) is 4.01. The number of quaternary nitrogens is 1. The molecule has 0 aromatic heterocycles. The van der Waals surface area contributed by atoms with Gasteiger partial charge >= 0.3 is 0 Å². The minimum absolute atomic E-state index is 0. The molecule has 0 aliphatic heterocycles. The van der Waals surface area contributed by atoms with E-state index in [0.717, 1.165) is 30.7 Å². The summed E-state index contributed by atoms with van der Waals surface area (Å²) in [7, 11) is 1.68. The summed E-state index contributed by atoms with van der Waals surface area (Å²) < 4.78 is 5.16. The Morgan fingerprint density at radius 2 is 1.70 bits per heavy atom. The summed E-state index contributed by atoms with van der Waals surface area (Å²) in [5.74, 6) is 0.898. The van der Waals surface area contributed by atoms with Crippen molar-refractivity contribution in [1.82, 2.24) is 0 Å². The average Bonchev–Trinajstić information content (AvgIpc) is 2.59. The molecule has 0 amide bonds. The third-order valence-corrected chi connectivity index (χ3v) is 4.01. The number of aliphatic hydroxyl groups is 1. The molecule has 2 aromatic rings. The summed E-state index contributed by atoms with van der Waals surface area (Å²) in [6.45, 7) is 3.09. The van der Waals surface area contributed by atoms with Crippen molar-refractivity contribution in [2.75, 3.05) is 13.7 Å². The first kappa shape index (κ1) is 19.5. The van der Waals surface area contributed by atoms with Crippen LogP contribution in [0.1, 0.15) is 30.6 Å². The number of aryl methyl sites for hydroxylation is 1. The summed E-state index contributed by atoms with van der Waals surface area (Å²) >= 11 is 0. The lowest BCUT2D eigenvalue weighted by Gasteiger charge is -2.17. The van der Waals surface area contributed by atoms with Crippen LogP contribution in [0.25, 0.3) is 0 Å². The van der Waals surface area contributed by atoms with Gasteiger partial charge in [-0.3, -0.25) is 0 Å². The van der Waals surface area contributed by atoms with Crippen molar-refractivity contribution >= 4 is 0 Å². The van der Waals surface area contributed by atoms with Gasteiger partial charge in [-0.05, 0) is 36.6 Å². The number of hydrogen-bond acceptors (Lipinski definition) is 2. The Morgan fingerprint density at radius 1 is 1.04 bits per heavy atom. The van der Waals surface area contributed by atoms with Crippen LogP contribution in [0.5, 0.6) is 5.75 Å². The molecule has 0 aliphatic rings. The second kappa shape index (κ2) is 10.3. The van der Waals surface area contributed by atoms with Gasteiger partial charge in [-0.25, -0.2) is 0 Å². The molecule has 0 fully saturated rings. The van der Waals surface area contributed by atoms with E-state index in [1.54, 1.807) is 7.11 Å². The SMILES string of the molecule is COc1ccc(CCC[NH2+]C(C)C(O)c2ccccc2)cc1.[Cl-]. The second-order valence-corrected chi connectivity index (χ2v) is 5.69. The molecule has 2 rings (SSSR count). The molecule has 2 aromatic carbocycles. The highest BCUT2D eigenvalue weighted by atomic mass is 35.5. The van der Waals surface area contributed by atoms with Gasteiger partial charge in [-0.15, -0.1) is 0 Å². The maximum absolute atomic E-state index is 10.3. The number of halogens is 1. The summed E-state index contributed by atoms with van der Waals surface area (Å²) in [5.41, 5.74) is 2.31. The monoisotopic (exact) mass is 335 g/mol. The Kier molecular flexibility index (Phi) is 8.70. The Labute approximate surface area is 145 Å². The van der Waals surface area contributed by atoms with Crippen LogP contribution in [0, 0.1) is 0 Å². The molecule has 0 heterocycles. The zero-order chi connectivity index (χ0) is 15.8. The fourth-order valence-corrected chi connectivity index (χ4v) is 2.56. The van der Waals surface area contributed by atoms with Gasteiger partial charge in [0.15, 0.2) is 0 Å². The highest BCUT2D eigenvalue weighted by molar-refractivity contribution is 5.27. The molecular formula is C19H26ClNO2. The number of benzene rings is 2. The third kappa shape index (κ3) is 6.22. The number of hydrogen-bond donors (Lipinski definition) is 2. The molecule has 0 saturated heterocycles. The Balaban J connectivity index is 0.00000264. The van der Waals surface area contributed by atoms with Crippen LogP contribution in [-0.4, -0.2) is 24.8 Å². The van der Waals surface area contributed by atoms with Crippen LogP contribution in [0.15, 0.2) is 54.6 Å². The Morgan fingerprint density at radius 3 is 2.30 bits per heavy atom. The predicted molar refractivity (Wildman–Crippen MR) is 89.0 cm³/mol. The molecule has 23 heavy (non-hydrogen) atoms. The molecule has 126 valence electrons. The van der Waals surface area contributed by atoms with E-state index in [0.29, 0.717) is 0 Å². The molecule has 0 saturated carbocycles. The number of nitrogens with two attached hydrogens (primary N) is 1. The van der Waals surface area contributed by atoms with Crippen LogP contribution in [-0.2, 0) is 6.42 Å². The molecule has 0 bridgehead atoms. The normalized spacial score (nSPS) is 13.0. The number of rotatable bonds is 8. The fourth-order valence-electron chi connectivity index (χ4n) is 2.56. The van der Waals surface area contributed by atoms with Crippen LogP contribution >= 0.6 is 0 Å². The average molecular weight is 336 g/mol. The molecule has 3 N–H and O–H groups in total. The van der Waals surface area contributed by atoms with Gasteiger partial charge < -0.3 is 27.6 Å². The topological polar surface area (TPSA) is 46.1 Å². The lowest BCUT2D eigenvalue weighted by Crippen LogP contribution is -3.00. The molecule has 2 atom stereocenters. The first-order valence-corrected chi connectivity index (χ1v) is 7.90. The minimum atomic E-state index is -0.415. The Bertz CT molecular complexity index is 545. The molecule has 4 heteroatoms. The van der Waals surface area contributed by atoms with E-state index >= 15 is 0 Å². The predicted octanol–water partition coefficient (Wildman–Crippen LogP) is -0.683. The van der Waals surface area contributed by atoms with E-state index in [2.05, 4.69) is 24.4 Å². The second-order valence-electron chi connectivity index (χ2n) is 5.69. The van der Waals surface area contributed by atoms with Crippen LogP contribution in [0.2, 0.25) is 0 Å². The lowest BCUT2D eigenvalue weighted by molar-refractivity contribution is -0.694. The van der Waals surface area contributed by atoms with Crippen molar-refractivity contribution in [2.45, 2.75) is 31.9 Å². The van der Waals surface area contributed by atoms with Gasteiger partial charge in [0.2, 0.25) is 0 Å². The largest absolute Gasteiger partial charge is 1.00 e. The van der Waals surface area contributed by atoms with E-state index in [1.165, 1.54) is 5.56 Å². The fraction of sp³-hybridized carbons (Fsp3) is 0.368. The first-order chi connectivity index (χ1) is 10.7. The molecule has 0 spiro atoms. The summed E-state index contributed by atoms with van der Waals surface area (Å²) in [5, 5.41) is 12.5. The minimum Gasteiger partial charge on any atom is -1.00 e. The molecule has 3 nitrogen and oxygen atoms in total. The van der Waals surface area contributed by atoms with Gasteiger partial charge in [-0.1, -0.05) is 42.5 Å². The van der Waals surface area contributed by atoms with E-state index < -0.39 is 6.10 Å². The van der Waals surface area contributed by atoms with E-state index in [-0.39, 0.29) is 18.4 Å². The van der Waals surface area contributed by atoms with Gasteiger partial charge in [-0.2, -0.15) is 0 Å². The van der Waals surface area contributed by atoms with Crippen LogP contribution in [0.4, 0.5) is 0 Å².